The molecule has 1 nitrogen and oxygen atoms in total. The maximum Gasteiger partial charge on any atom is 0.389 e. The Morgan fingerprint density at radius 3 is 2.61 bits per heavy atom. The van der Waals surface area contributed by atoms with Crippen LogP contribution in [0.1, 0.15) is 75.5 Å². The van der Waals surface area contributed by atoms with E-state index in [0.717, 1.165) is 38.4 Å². The van der Waals surface area contributed by atoms with E-state index in [2.05, 4.69) is 64.4 Å². The maximum atomic E-state index is 12.3. The molecule has 1 aromatic carbocycles. The highest BCUT2D eigenvalue weighted by Crippen LogP contribution is 2.31. The lowest BCUT2D eigenvalue weighted by atomic mass is 9.57. The molecule has 5 heteroatoms. The first kappa shape index (κ1) is 25.4. The number of nitrogens with one attached hydrogen (secondary N) is 1. The molecule has 31 heavy (non-hydrogen) atoms. The second-order valence-electron chi connectivity index (χ2n) is 9.03. The van der Waals surface area contributed by atoms with Crippen molar-refractivity contribution in [2.75, 3.05) is 0 Å². The predicted octanol–water partition coefficient (Wildman–Crippen LogP) is 7.39. The summed E-state index contributed by atoms with van der Waals surface area (Å²) in [6, 6.07) is 6.39. The number of benzene rings is 1. The summed E-state index contributed by atoms with van der Waals surface area (Å²) < 4.78 is 37.0. The van der Waals surface area contributed by atoms with Gasteiger partial charge >= 0.3 is 6.18 Å². The molecule has 169 valence electrons. The number of allylic oxidation sites excluding steroid dienone is 3. The highest BCUT2D eigenvalue weighted by atomic mass is 19.4. The minimum atomic E-state index is -4.10. The topological polar surface area (TPSA) is 12.0 Å². The van der Waals surface area contributed by atoms with Gasteiger partial charge in [0.25, 0.3) is 0 Å². The van der Waals surface area contributed by atoms with Gasteiger partial charge in [0.2, 0.25) is 0 Å². The van der Waals surface area contributed by atoms with Crippen molar-refractivity contribution in [1.82, 2.24) is 5.32 Å². The molecule has 2 atom stereocenters. The van der Waals surface area contributed by atoms with E-state index < -0.39 is 12.6 Å². The number of hydrogen-bond donors (Lipinski definition) is 1. The van der Waals surface area contributed by atoms with Crippen molar-refractivity contribution in [3.8, 4) is 0 Å². The molecule has 0 bridgehead atoms. The molecular formula is C26H36BF3N. The minimum Gasteiger partial charge on any atom is -0.394 e. The van der Waals surface area contributed by atoms with Crippen LogP contribution in [0.25, 0.3) is 5.57 Å². The summed E-state index contributed by atoms with van der Waals surface area (Å²) in [6.45, 7) is 16.9. The van der Waals surface area contributed by atoms with Gasteiger partial charge in [0.15, 0.2) is 0 Å². The second-order valence-corrected chi connectivity index (χ2v) is 9.03. The second kappa shape index (κ2) is 11.6. The van der Waals surface area contributed by atoms with Crippen molar-refractivity contribution >= 4 is 12.9 Å². The van der Waals surface area contributed by atoms with E-state index in [0.29, 0.717) is 18.0 Å². The minimum absolute atomic E-state index is 0.0749. The molecule has 0 aliphatic carbocycles. The third kappa shape index (κ3) is 8.63. The Hall–Kier alpha value is -1.91. The summed E-state index contributed by atoms with van der Waals surface area (Å²) in [6.07, 6.45) is 1.41. The molecule has 2 unspecified atom stereocenters. The summed E-state index contributed by atoms with van der Waals surface area (Å²) >= 11 is 0. The van der Waals surface area contributed by atoms with Crippen LogP contribution in [-0.2, 0) is 12.7 Å². The van der Waals surface area contributed by atoms with Gasteiger partial charge in [-0.05, 0) is 72.6 Å². The summed E-state index contributed by atoms with van der Waals surface area (Å²) in [5.74, 6) is 0.620. The fourth-order valence-electron chi connectivity index (χ4n) is 4.48. The zero-order valence-electron chi connectivity index (χ0n) is 19.1. The summed E-state index contributed by atoms with van der Waals surface area (Å²) in [5.41, 5.74) is 7.01. The smallest absolute Gasteiger partial charge is 0.389 e. The molecule has 1 aliphatic heterocycles. The Balaban J connectivity index is 1.92. The fourth-order valence-corrected chi connectivity index (χ4v) is 4.48. The largest absolute Gasteiger partial charge is 0.394 e. The molecule has 0 saturated heterocycles. The monoisotopic (exact) mass is 430 g/mol. The van der Waals surface area contributed by atoms with Crippen molar-refractivity contribution in [3.63, 3.8) is 0 Å². The first-order chi connectivity index (χ1) is 14.6. The first-order valence-corrected chi connectivity index (χ1v) is 11.4. The lowest BCUT2D eigenvalue weighted by Gasteiger charge is -2.29. The van der Waals surface area contributed by atoms with Gasteiger partial charge in [-0.2, -0.15) is 13.2 Å². The van der Waals surface area contributed by atoms with Gasteiger partial charge in [0.05, 0.1) is 0 Å². The van der Waals surface area contributed by atoms with Gasteiger partial charge < -0.3 is 5.32 Å². The van der Waals surface area contributed by atoms with Crippen molar-refractivity contribution in [2.45, 2.75) is 83.7 Å². The third-order valence-electron chi connectivity index (χ3n) is 5.86. The van der Waals surface area contributed by atoms with Crippen LogP contribution >= 0.6 is 0 Å². The molecule has 2 rings (SSSR count). The van der Waals surface area contributed by atoms with Crippen LogP contribution in [0, 0.1) is 5.92 Å². The van der Waals surface area contributed by atoms with E-state index in [4.69, 9.17) is 0 Å². The summed E-state index contributed by atoms with van der Waals surface area (Å²) in [7, 11) is 2.21. The standard InChI is InChI=1S/C26H36BF3N/c1-6-9-18(2)14-19(3)15-20(4)23-12-7-11-22-16-25(27-17-24(22)23)31-21(5)10-8-13-26(28,29)30/h7,11-12,19,25,31H,2,4-6,8-10,13-17H2,1,3H3. The van der Waals surface area contributed by atoms with Crippen LogP contribution in [0.4, 0.5) is 13.2 Å². The predicted molar refractivity (Wildman–Crippen MR) is 127 cm³/mol. The molecule has 0 fully saturated rings. The Morgan fingerprint density at radius 1 is 1.19 bits per heavy atom. The van der Waals surface area contributed by atoms with Gasteiger partial charge in [-0.25, -0.2) is 0 Å². The number of halogens is 3. The van der Waals surface area contributed by atoms with E-state index in [-0.39, 0.29) is 12.4 Å². The average molecular weight is 430 g/mol. The van der Waals surface area contributed by atoms with Crippen LogP contribution in [-0.4, -0.2) is 19.4 Å². The molecule has 0 spiro atoms. The zero-order chi connectivity index (χ0) is 23.0. The molecule has 1 aromatic rings. The van der Waals surface area contributed by atoms with Crippen LogP contribution in [0.2, 0.25) is 0 Å². The van der Waals surface area contributed by atoms with Crippen molar-refractivity contribution in [2.24, 2.45) is 5.92 Å². The third-order valence-corrected chi connectivity index (χ3v) is 5.86. The van der Waals surface area contributed by atoms with Gasteiger partial charge in [-0.3, -0.25) is 0 Å². The van der Waals surface area contributed by atoms with E-state index in [1.54, 1.807) is 0 Å². The van der Waals surface area contributed by atoms with E-state index in [1.165, 1.54) is 27.8 Å². The molecule has 1 radical (unpaired) electrons. The zero-order valence-corrected chi connectivity index (χ0v) is 19.1. The van der Waals surface area contributed by atoms with E-state index in [1.807, 2.05) is 0 Å². The summed E-state index contributed by atoms with van der Waals surface area (Å²) in [5, 5.41) is 3.31. The van der Waals surface area contributed by atoms with E-state index >= 15 is 0 Å². The summed E-state index contributed by atoms with van der Waals surface area (Å²) in [4.78, 5) is 0. The maximum absolute atomic E-state index is 12.3. The SMILES string of the molecule is C=C(CCC)CC(C)CC(=C)c1cccc2c1C[B]C(NC(=C)CCCC(F)(F)F)C2. The van der Waals surface area contributed by atoms with Gasteiger partial charge in [-0.1, -0.05) is 70.1 Å². The van der Waals surface area contributed by atoms with Gasteiger partial charge in [0.1, 0.15) is 7.28 Å². The van der Waals surface area contributed by atoms with Gasteiger partial charge in [-0.15, -0.1) is 0 Å². The molecular weight excluding hydrogens is 394 g/mol. The van der Waals surface area contributed by atoms with Crippen LogP contribution in [0.3, 0.4) is 0 Å². The molecule has 0 saturated carbocycles. The Labute approximate surface area is 187 Å². The quantitative estimate of drug-likeness (QED) is 0.269. The Kier molecular flexibility index (Phi) is 9.52. The fraction of sp³-hybridized carbons (Fsp3) is 0.538. The lowest BCUT2D eigenvalue weighted by molar-refractivity contribution is -0.135. The Morgan fingerprint density at radius 2 is 1.94 bits per heavy atom. The van der Waals surface area contributed by atoms with Crippen molar-refractivity contribution < 1.29 is 13.2 Å². The Bertz CT molecular complexity index is 781. The molecule has 1 N–H and O–H groups in total. The van der Waals surface area contributed by atoms with E-state index in [9.17, 15) is 13.2 Å². The molecule has 1 heterocycles. The van der Waals surface area contributed by atoms with Crippen LogP contribution in [0.5, 0.6) is 0 Å². The first-order valence-electron chi connectivity index (χ1n) is 11.4. The number of fused-ring (bicyclic) bond motifs is 1. The highest BCUT2D eigenvalue weighted by molar-refractivity contribution is 6.38. The van der Waals surface area contributed by atoms with Crippen molar-refractivity contribution in [1.29, 1.82) is 0 Å². The average Bonchev–Trinajstić information content (AvgIpc) is 2.66. The molecule has 0 aromatic heterocycles. The molecule has 0 amide bonds. The van der Waals surface area contributed by atoms with Crippen LogP contribution < -0.4 is 5.32 Å². The number of hydrogen-bond acceptors (Lipinski definition) is 1. The molecule has 1 aliphatic rings. The number of rotatable bonds is 12. The van der Waals surface area contributed by atoms with Gasteiger partial charge in [0, 0.05) is 12.1 Å². The lowest BCUT2D eigenvalue weighted by Crippen LogP contribution is -2.40. The number of alkyl halides is 3. The normalized spacial score (nSPS) is 16.7. The van der Waals surface area contributed by atoms with Crippen LogP contribution in [0.15, 0.2) is 49.2 Å². The highest BCUT2D eigenvalue weighted by Gasteiger charge is 2.27. The van der Waals surface area contributed by atoms with Crippen molar-refractivity contribution in [3.05, 3.63) is 65.9 Å².